The van der Waals surface area contributed by atoms with Crippen molar-refractivity contribution in [2.75, 3.05) is 26.2 Å². The first-order valence-corrected chi connectivity index (χ1v) is 6.26. The predicted molar refractivity (Wildman–Crippen MR) is 72.7 cm³/mol. The van der Waals surface area contributed by atoms with E-state index in [0.717, 1.165) is 26.2 Å². The molecule has 1 saturated heterocycles. The maximum Gasteiger partial charge on any atom is 0.234 e. The molecule has 6 heteroatoms. The van der Waals surface area contributed by atoms with Gasteiger partial charge in [-0.05, 0) is 20.8 Å². The molecule has 0 saturated carbocycles. The quantitative estimate of drug-likeness (QED) is 0.668. The third-order valence-electron chi connectivity index (χ3n) is 3.67. The average Bonchev–Trinajstić information content (AvgIpc) is 2.27. The van der Waals surface area contributed by atoms with Crippen LogP contribution in [0.2, 0.25) is 0 Å². The molecule has 98 valence electrons. The number of amides is 1. The minimum Gasteiger partial charge on any atom is -0.392 e. The fraction of sp³-hybridized carbons (Fsp3) is 0.818. The van der Waals surface area contributed by atoms with Gasteiger partial charge >= 0.3 is 0 Å². The Morgan fingerprint density at radius 3 is 2.06 bits per heavy atom. The summed E-state index contributed by atoms with van der Waals surface area (Å²) in [5, 5.41) is 0. The predicted octanol–water partition coefficient (Wildman–Crippen LogP) is -0.457. The zero-order valence-electron chi connectivity index (χ0n) is 10.8. The van der Waals surface area contributed by atoms with Crippen molar-refractivity contribution in [2.45, 2.75) is 32.4 Å². The van der Waals surface area contributed by atoms with Gasteiger partial charge < -0.3 is 11.5 Å². The Morgan fingerprint density at radius 1 is 1.24 bits per heavy atom. The van der Waals surface area contributed by atoms with Crippen molar-refractivity contribution in [2.24, 2.45) is 11.5 Å². The van der Waals surface area contributed by atoms with Crippen LogP contribution < -0.4 is 11.5 Å². The molecule has 4 N–H and O–H groups in total. The van der Waals surface area contributed by atoms with E-state index in [9.17, 15) is 4.79 Å². The van der Waals surface area contributed by atoms with Gasteiger partial charge in [0, 0.05) is 26.2 Å². The highest BCUT2D eigenvalue weighted by atomic mass is 32.1. The van der Waals surface area contributed by atoms with Crippen LogP contribution in [0, 0.1) is 0 Å². The van der Waals surface area contributed by atoms with E-state index in [2.05, 4.69) is 9.80 Å². The Morgan fingerprint density at radius 2 is 1.71 bits per heavy atom. The molecule has 1 unspecified atom stereocenters. The minimum absolute atomic E-state index is 0.204. The van der Waals surface area contributed by atoms with E-state index in [-0.39, 0.29) is 17.5 Å². The second kappa shape index (κ2) is 5.29. The molecule has 1 aliphatic heterocycles. The summed E-state index contributed by atoms with van der Waals surface area (Å²) in [6, 6.07) is -0.204. The Hall–Kier alpha value is -0.720. The SMILES string of the molecule is CC(C(N)=O)N1CCN(C(C)(C)C(N)=S)CC1. The second-order valence-corrected chi connectivity index (χ2v) is 5.46. The first kappa shape index (κ1) is 14.3. The maximum absolute atomic E-state index is 11.1. The Kier molecular flexibility index (Phi) is 4.46. The lowest BCUT2D eigenvalue weighted by Gasteiger charge is -2.44. The molecule has 1 aliphatic rings. The smallest absolute Gasteiger partial charge is 0.234 e. The summed E-state index contributed by atoms with van der Waals surface area (Å²) in [5.74, 6) is -0.271. The number of primary amides is 1. The van der Waals surface area contributed by atoms with Crippen LogP contribution in [0.4, 0.5) is 0 Å². The zero-order valence-corrected chi connectivity index (χ0v) is 11.6. The number of nitrogens with two attached hydrogens (primary N) is 2. The molecular weight excluding hydrogens is 236 g/mol. The van der Waals surface area contributed by atoms with E-state index in [1.54, 1.807) is 0 Å². The molecule has 1 amide bonds. The molecule has 0 radical (unpaired) electrons. The largest absolute Gasteiger partial charge is 0.392 e. The molecule has 0 bridgehead atoms. The number of hydrogen-bond donors (Lipinski definition) is 2. The van der Waals surface area contributed by atoms with Crippen molar-refractivity contribution >= 4 is 23.1 Å². The number of rotatable bonds is 4. The van der Waals surface area contributed by atoms with E-state index in [4.69, 9.17) is 23.7 Å². The lowest BCUT2D eigenvalue weighted by atomic mass is 10.0. The molecule has 1 fully saturated rings. The lowest BCUT2D eigenvalue weighted by Crippen LogP contribution is -2.61. The molecule has 1 rings (SSSR count). The average molecular weight is 258 g/mol. The van der Waals surface area contributed by atoms with Crippen LogP contribution in [0.1, 0.15) is 20.8 Å². The van der Waals surface area contributed by atoms with Gasteiger partial charge in [0.15, 0.2) is 0 Å². The summed E-state index contributed by atoms with van der Waals surface area (Å²) in [5.41, 5.74) is 10.8. The lowest BCUT2D eigenvalue weighted by molar-refractivity contribution is -0.123. The molecular formula is C11H22N4OS. The molecule has 0 spiro atoms. The first-order valence-electron chi connectivity index (χ1n) is 5.85. The van der Waals surface area contributed by atoms with Gasteiger partial charge in [-0.1, -0.05) is 12.2 Å². The van der Waals surface area contributed by atoms with Crippen LogP contribution in [0.3, 0.4) is 0 Å². The van der Waals surface area contributed by atoms with E-state index < -0.39 is 0 Å². The first-order chi connectivity index (χ1) is 7.76. The summed E-state index contributed by atoms with van der Waals surface area (Å²) in [7, 11) is 0. The summed E-state index contributed by atoms with van der Waals surface area (Å²) in [6.45, 7) is 9.23. The minimum atomic E-state index is -0.271. The Labute approximate surface area is 108 Å². The van der Waals surface area contributed by atoms with Gasteiger partial charge in [0.1, 0.15) is 0 Å². The topological polar surface area (TPSA) is 75.6 Å². The molecule has 1 atom stereocenters. The van der Waals surface area contributed by atoms with E-state index >= 15 is 0 Å². The van der Waals surface area contributed by atoms with E-state index in [1.165, 1.54) is 0 Å². The van der Waals surface area contributed by atoms with Gasteiger partial charge in [-0.3, -0.25) is 14.6 Å². The van der Waals surface area contributed by atoms with Gasteiger partial charge in [0.05, 0.1) is 16.6 Å². The summed E-state index contributed by atoms with van der Waals surface area (Å²) in [4.78, 5) is 16.0. The van der Waals surface area contributed by atoms with Crippen molar-refractivity contribution in [3.8, 4) is 0 Å². The van der Waals surface area contributed by atoms with Crippen molar-refractivity contribution in [1.82, 2.24) is 9.80 Å². The van der Waals surface area contributed by atoms with E-state index in [0.29, 0.717) is 4.99 Å². The van der Waals surface area contributed by atoms with Crippen LogP contribution >= 0.6 is 12.2 Å². The summed E-state index contributed by atoms with van der Waals surface area (Å²) in [6.07, 6.45) is 0. The summed E-state index contributed by atoms with van der Waals surface area (Å²) >= 11 is 5.08. The zero-order chi connectivity index (χ0) is 13.2. The fourth-order valence-electron chi connectivity index (χ4n) is 2.00. The van der Waals surface area contributed by atoms with Crippen molar-refractivity contribution in [1.29, 1.82) is 0 Å². The molecule has 1 heterocycles. The highest BCUT2D eigenvalue weighted by Gasteiger charge is 2.33. The van der Waals surface area contributed by atoms with Crippen LogP contribution in [0.25, 0.3) is 0 Å². The van der Waals surface area contributed by atoms with E-state index in [1.807, 2.05) is 20.8 Å². The Bertz CT molecular complexity index is 311. The van der Waals surface area contributed by atoms with Crippen LogP contribution in [-0.4, -0.2) is 58.5 Å². The van der Waals surface area contributed by atoms with Crippen LogP contribution in [-0.2, 0) is 4.79 Å². The van der Waals surface area contributed by atoms with Gasteiger partial charge in [-0.2, -0.15) is 0 Å². The summed E-state index contributed by atoms with van der Waals surface area (Å²) < 4.78 is 0. The van der Waals surface area contributed by atoms with Crippen molar-refractivity contribution < 1.29 is 4.79 Å². The highest BCUT2D eigenvalue weighted by Crippen LogP contribution is 2.18. The van der Waals surface area contributed by atoms with Crippen LogP contribution in [0.5, 0.6) is 0 Å². The molecule has 0 aromatic carbocycles. The number of carbonyl (C=O) groups excluding carboxylic acids is 1. The molecule has 0 aliphatic carbocycles. The Balaban J connectivity index is 2.57. The maximum atomic E-state index is 11.1. The normalized spacial score (nSPS) is 21.1. The fourth-order valence-corrected chi connectivity index (χ4v) is 2.13. The number of hydrogen-bond acceptors (Lipinski definition) is 4. The third-order valence-corrected chi connectivity index (χ3v) is 4.17. The van der Waals surface area contributed by atoms with Crippen molar-refractivity contribution in [3.05, 3.63) is 0 Å². The van der Waals surface area contributed by atoms with Gasteiger partial charge in [-0.25, -0.2) is 0 Å². The molecule has 0 aromatic heterocycles. The van der Waals surface area contributed by atoms with Gasteiger partial charge in [-0.15, -0.1) is 0 Å². The molecule has 0 aromatic rings. The number of nitrogens with zero attached hydrogens (tertiary/aromatic N) is 2. The van der Waals surface area contributed by atoms with Crippen molar-refractivity contribution in [3.63, 3.8) is 0 Å². The number of piperazine rings is 1. The third kappa shape index (κ3) is 3.14. The second-order valence-electron chi connectivity index (χ2n) is 5.02. The monoisotopic (exact) mass is 258 g/mol. The van der Waals surface area contributed by atoms with Crippen LogP contribution in [0.15, 0.2) is 0 Å². The standard InChI is InChI=1S/C11H22N4OS/c1-8(9(12)16)14-4-6-15(7-5-14)11(2,3)10(13)17/h8H,4-7H2,1-3H3,(H2,12,16)(H2,13,17). The number of carbonyl (C=O) groups is 1. The molecule has 17 heavy (non-hydrogen) atoms. The highest BCUT2D eigenvalue weighted by molar-refractivity contribution is 7.80. The number of thiocarbonyl (C=S) groups is 1. The van der Waals surface area contributed by atoms with Gasteiger partial charge in [0.2, 0.25) is 5.91 Å². The molecule has 5 nitrogen and oxygen atoms in total. The van der Waals surface area contributed by atoms with Gasteiger partial charge in [0.25, 0.3) is 0 Å².